The topological polar surface area (TPSA) is 105 Å². The van der Waals surface area contributed by atoms with Gasteiger partial charge in [0.15, 0.2) is 6.10 Å². The van der Waals surface area contributed by atoms with Crippen molar-refractivity contribution in [2.45, 2.75) is 43.6 Å². The maximum Gasteiger partial charge on any atom is 0.262 e. The number of aryl methyl sites for hydroxylation is 1. The largest absolute Gasteiger partial charge is 0.477 e. The molecule has 8 nitrogen and oxygen atoms in total. The summed E-state index contributed by atoms with van der Waals surface area (Å²) < 4.78 is 33.1. The van der Waals surface area contributed by atoms with Crippen molar-refractivity contribution in [3.63, 3.8) is 0 Å². The van der Waals surface area contributed by atoms with Crippen molar-refractivity contribution in [3.8, 4) is 5.75 Å². The average Bonchev–Trinajstić information content (AvgIpc) is 2.95. The zero-order valence-corrected chi connectivity index (χ0v) is 22.2. The highest BCUT2D eigenvalue weighted by molar-refractivity contribution is 7.89. The van der Waals surface area contributed by atoms with Gasteiger partial charge in [0.2, 0.25) is 15.9 Å². The van der Waals surface area contributed by atoms with E-state index in [2.05, 4.69) is 10.0 Å². The van der Waals surface area contributed by atoms with Gasteiger partial charge in [-0.2, -0.15) is 0 Å². The van der Waals surface area contributed by atoms with Crippen molar-refractivity contribution >= 4 is 27.5 Å². The minimum atomic E-state index is -3.53. The second-order valence-corrected chi connectivity index (χ2v) is 10.9. The van der Waals surface area contributed by atoms with Gasteiger partial charge in [-0.15, -0.1) is 0 Å². The molecule has 4 rings (SSSR count). The Hall–Kier alpha value is -3.69. The number of para-hydroxylation sites is 2. The van der Waals surface area contributed by atoms with Gasteiger partial charge in [-0.1, -0.05) is 61.5 Å². The number of carbonyl (C=O) groups excluding carboxylic acids is 2. The maximum absolute atomic E-state index is 13.3. The van der Waals surface area contributed by atoms with Crippen molar-refractivity contribution in [3.05, 3.63) is 90.0 Å². The van der Waals surface area contributed by atoms with Gasteiger partial charge in [0.25, 0.3) is 5.91 Å². The first-order chi connectivity index (χ1) is 18.4. The van der Waals surface area contributed by atoms with Gasteiger partial charge in [0.1, 0.15) is 5.75 Å². The van der Waals surface area contributed by atoms with E-state index in [1.807, 2.05) is 49.4 Å². The summed E-state index contributed by atoms with van der Waals surface area (Å²) in [5, 5.41) is 2.92. The van der Waals surface area contributed by atoms with Crippen molar-refractivity contribution in [2.24, 2.45) is 0 Å². The zero-order chi connectivity index (χ0) is 27.0. The summed E-state index contributed by atoms with van der Waals surface area (Å²) in [6.07, 6.45) is 1.24. The molecule has 3 aromatic rings. The number of nitrogens with one attached hydrogen (secondary N) is 2. The molecule has 0 aliphatic carbocycles. The summed E-state index contributed by atoms with van der Waals surface area (Å²) in [7, 11) is -3.53. The second-order valence-electron chi connectivity index (χ2n) is 9.15. The van der Waals surface area contributed by atoms with Crippen LogP contribution in [0, 0.1) is 0 Å². The molecular weight excluding hydrogens is 502 g/mol. The molecule has 0 saturated heterocycles. The summed E-state index contributed by atoms with van der Waals surface area (Å²) >= 11 is 0. The quantitative estimate of drug-likeness (QED) is 0.391. The Bertz CT molecular complexity index is 1340. The Morgan fingerprint density at radius 2 is 1.58 bits per heavy atom. The Morgan fingerprint density at radius 3 is 2.32 bits per heavy atom. The molecule has 1 aliphatic rings. The normalized spacial score (nSPS) is 14.9. The molecule has 9 heteroatoms. The van der Waals surface area contributed by atoms with E-state index < -0.39 is 16.1 Å². The minimum absolute atomic E-state index is 0.118. The van der Waals surface area contributed by atoms with Gasteiger partial charge < -0.3 is 15.0 Å². The predicted molar refractivity (Wildman–Crippen MR) is 147 cm³/mol. The van der Waals surface area contributed by atoms with Gasteiger partial charge in [0.05, 0.1) is 17.1 Å². The molecule has 0 saturated carbocycles. The molecule has 200 valence electrons. The van der Waals surface area contributed by atoms with E-state index >= 15 is 0 Å². The lowest BCUT2D eigenvalue weighted by Gasteiger charge is -2.34. The maximum atomic E-state index is 13.3. The van der Waals surface area contributed by atoms with E-state index in [9.17, 15) is 18.0 Å². The van der Waals surface area contributed by atoms with Crippen LogP contribution in [0.25, 0.3) is 0 Å². The summed E-state index contributed by atoms with van der Waals surface area (Å²) in [5.41, 5.74) is 2.61. The van der Waals surface area contributed by atoms with Gasteiger partial charge in [-0.25, -0.2) is 13.1 Å². The molecule has 0 unspecified atom stereocenters. The van der Waals surface area contributed by atoms with Gasteiger partial charge >= 0.3 is 0 Å². The highest BCUT2D eigenvalue weighted by Gasteiger charge is 2.33. The lowest BCUT2D eigenvalue weighted by Crippen LogP contribution is -2.51. The van der Waals surface area contributed by atoms with E-state index in [4.69, 9.17) is 4.74 Å². The molecule has 0 spiro atoms. The van der Waals surface area contributed by atoms with E-state index in [1.165, 1.54) is 0 Å². The predicted octanol–water partition coefficient (Wildman–Crippen LogP) is 3.46. The highest BCUT2D eigenvalue weighted by Crippen LogP contribution is 2.33. The first-order valence-corrected chi connectivity index (χ1v) is 14.3. The minimum Gasteiger partial charge on any atom is -0.477 e. The average molecular weight is 536 g/mol. The fourth-order valence-corrected chi connectivity index (χ4v) is 5.37. The third kappa shape index (κ3) is 6.99. The van der Waals surface area contributed by atoms with E-state index in [1.54, 1.807) is 41.3 Å². The number of hydrogen-bond acceptors (Lipinski definition) is 5. The number of amides is 2. The number of nitrogens with zero attached hydrogens (tertiary/aromatic N) is 1. The number of sulfonamides is 1. The van der Waals surface area contributed by atoms with E-state index in [-0.39, 0.29) is 29.7 Å². The Morgan fingerprint density at radius 1 is 0.895 bits per heavy atom. The molecule has 0 fully saturated rings. The second kappa shape index (κ2) is 12.7. The number of carbonyl (C=O) groups is 2. The van der Waals surface area contributed by atoms with Crippen molar-refractivity contribution in [1.29, 1.82) is 0 Å². The molecule has 1 atom stereocenters. The zero-order valence-electron chi connectivity index (χ0n) is 21.4. The smallest absolute Gasteiger partial charge is 0.262 e. The fourth-order valence-electron chi connectivity index (χ4n) is 4.24. The summed E-state index contributed by atoms with van der Waals surface area (Å²) in [4.78, 5) is 28.0. The van der Waals surface area contributed by atoms with Crippen LogP contribution in [-0.4, -0.2) is 46.0 Å². The SMILES string of the molecule is CCCNS(=O)(=O)c1ccc(CCC(=O)N2C[C@@H](C(=O)NCCc3ccccc3)Oc3ccccc32)cc1. The molecular formula is C29H33N3O5S. The van der Waals surface area contributed by atoms with Crippen LogP contribution in [-0.2, 0) is 32.5 Å². The van der Waals surface area contributed by atoms with Crippen LogP contribution in [0.5, 0.6) is 5.75 Å². The van der Waals surface area contributed by atoms with Crippen LogP contribution in [0.15, 0.2) is 83.8 Å². The molecule has 2 N–H and O–H groups in total. The van der Waals surface area contributed by atoms with Gasteiger partial charge in [-0.3, -0.25) is 9.59 Å². The van der Waals surface area contributed by atoms with Gasteiger partial charge in [-0.05, 0) is 54.7 Å². The molecule has 38 heavy (non-hydrogen) atoms. The molecule has 0 bridgehead atoms. The van der Waals surface area contributed by atoms with Crippen LogP contribution < -0.4 is 19.7 Å². The van der Waals surface area contributed by atoms with Crippen LogP contribution in [0.2, 0.25) is 0 Å². The lowest BCUT2D eigenvalue weighted by atomic mass is 10.1. The van der Waals surface area contributed by atoms with Crippen molar-refractivity contribution < 1.29 is 22.7 Å². The monoisotopic (exact) mass is 535 g/mol. The number of benzene rings is 3. The number of rotatable bonds is 11. The summed E-state index contributed by atoms with van der Waals surface area (Å²) in [5.74, 6) is 0.0929. The van der Waals surface area contributed by atoms with Crippen molar-refractivity contribution in [1.82, 2.24) is 10.0 Å². The standard InChI is InChI=1S/C29H33N3O5S/c1-2-19-31-38(35,36)24-15-12-23(13-16-24)14-17-28(33)32-21-27(37-26-11-7-6-10-25(26)32)29(34)30-20-18-22-8-4-3-5-9-22/h3-13,15-16,27,31H,2,14,17-21H2,1H3,(H,30,34)/t27-/m0/s1. The Kier molecular flexibility index (Phi) is 9.15. The third-order valence-electron chi connectivity index (χ3n) is 6.33. The fraction of sp³-hybridized carbons (Fsp3) is 0.310. The lowest BCUT2D eigenvalue weighted by molar-refractivity contribution is -0.128. The molecule has 1 heterocycles. The summed E-state index contributed by atoms with van der Waals surface area (Å²) in [6, 6.07) is 23.6. The molecule has 0 aromatic heterocycles. The number of anilines is 1. The number of ether oxygens (including phenoxy) is 1. The number of hydrogen-bond donors (Lipinski definition) is 2. The molecule has 3 aromatic carbocycles. The molecule has 2 amide bonds. The third-order valence-corrected chi connectivity index (χ3v) is 7.80. The Labute approximate surface area is 224 Å². The van der Waals surface area contributed by atoms with E-state index in [0.717, 1.165) is 11.1 Å². The Balaban J connectivity index is 1.37. The van der Waals surface area contributed by atoms with Crippen LogP contribution in [0.3, 0.4) is 0 Å². The number of fused-ring (bicyclic) bond motifs is 1. The highest BCUT2D eigenvalue weighted by atomic mass is 32.2. The summed E-state index contributed by atoms with van der Waals surface area (Å²) in [6.45, 7) is 2.87. The van der Waals surface area contributed by atoms with Gasteiger partial charge in [0, 0.05) is 19.5 Å². The van der Waals surface area contributed by atoms with Crippen LogP contribution in [0.1, 0.15) is 30.9 Å². The first-order valence-electron chi connectivity index (χ1n) is 12.8. The molecule has 0 radical (unpaired) electrons. The van der Waals surface area contributed by atoms with Crippen LogP contribution in [0.4, 0.5) is 5.69 Å². The van der Waals surface area contributed by atoms with Crippen LogP contribution >= 0.6 is 0 Å². The first kappa shape index (κ1) is 27.3. The van der Waals surface area contributed by atoms with E-state index in [0.29, 0.717) is 43.8 Å². The van der Waals surface area contributed by atoms with Crippen molar-refractivity contribution in [2.75, 3.05) is 24.5 Å². The molecule has 1 aliphatic heterocycles.